The van der Waals surface area contributed by atoms with Crippen LogP contribution in [0.1, 0.15) is 49.9 Å². The molecule has 1 aromatic rings. The highest BCUT2D eigenvalue weighted by molar-refractivity contribution is 7.93. The minimum absolute atomic E-state index is 0.0721. The summed E-state index contributed by atoms with van der Waals surface area (Å²) in [6, 6.07) is 6.42. The van der Waals surface area contributed by atoms with Crippen molar-refractivity contribution in [3.05, 3.63) is 29.8 Å². The minimum atomic E-state index is -3.64. The molecule has 134 valence electrons. The molecule has 0 heterocycles. The van der Waals surface area contributed by atoms with E-state index in [1.54, 1.807) is 29.2 Å². The summed E-state index contributed by atoms with van der Waals surface area (Å²) >= 11 is 0. The van der Waals surface area contributed by atoms with Gasteiger partial charge in [0.1, 0.15) is 5.25 Å². The van der Waals surface area contributed by atoms with Crippen LogP contribution >= 0.6 is 0 Å². The molecule has 1 fully saturated rings. The number of aliphatic hydroxyl groups is 1. The maximum Gasteiger partial charge on any atom is 0.253 e. The molecule has 6 nitrogen and oxygen atoms in total. The van der Waals surface area contributed by atoms with E-state index >= 15 is 0 Å². The molecule has 24 heavy (non-hydrogen) atoms. The number of aliphatic hydroxyl groups excluding tert-OH is 1. The van der Waals surface area contributed by atoms with Crippen LogP contribution in [0.3, 0.4) is 0 Å². The van der Waals surface area contributed by atoms with Gasteiger partial charge in [0, 0.05) is 24.3 Å². The lowest BCUT2D eigenvalue weighted by Crippen LogP contribution is -2.40. The molecule has 0 radical (unpaired) electrons. The molecule has 0 aromatic heterocycles. The molecule has 2 rings (SSSR count). The molecule has 2 N–H and O–H groups in total. The molecule has 1 amide bonds. The summed E-state index contributed by atoms with van der Waals surface area (Å²) in [5.74, 6) is -0.0721. The number of sulfonamides is 1. The first-order valence-electron chi connectivity index (χ1n) is 8.48. The number of hydrogen-bond acceptors (Lipinski definition) is 4. The topological polar surface area (TPSA) is 86.7 Å². The van der Waals surface area contributed by atoms with Crippen LogP contribution in [-0.4, -0.2) is 48.8 Å². The second kappa shape index (κ2) is 7.98. The Kier molecular flexibility index (Phi) is 6.23. The molecule has 1 saturated carbocycles. The van der Waals surface area contributed by atoms with Crippen molar-refractivity contribution < 1.29 is 18.3 Å². The minimum Gasteiger partial charge on any atom is -0.392 e. The van der Waals surface area contributed by atoms with Crippen LogP contribution in [0.25, 0.3) is 0 Å². The molecule has 0 spiro atoms. The molecule has 1 aliphatic carbocycles. The average molecular weight is 354 g/mol. The van der Waals surface area contributed by atoms with Gasteiger partial charge in [-0.1, -0.05) is 12.8 Å². The third kappa shape index (κ3) is 4.27. The SMILES string of the molecule is CCN(CC)C(=O)c1ccc(NS(=O)(=O)C2CCCCC2O)cc1. The van der Waals surface area contributed by atoms with Gasteiger partial charge in [0.15, 0.2) is 0 Å². The zero-order valence-corrected chi connectivity index (χ0v) is 15.1. The van der Waals surface area contributed by atoms with Gasteiger partial charge in [-0.25, -0.2) is 8.42 Å². The fraction of sp³-hybridized carbons (Fsp3) is 0.588. The molecule has 2 unspecified atom stereocenters. The molecule has 2 atom stereocenters. The van der Waals surface area contributed by atoms with Gasteiger partial charge < -0.3 is 10.0 Å². The van der Waals surface area contributed by atoms with Crippen molar-refractivity contribution in [1.82, 2.24) is 4.90 Å². The Morgan fingerprint density at radius 3 is 2.29 bits per heavy atom. The lowest BCUT2D eigenvalue weighted by atomic mass is 9.97. The van der Waals surface area contributed by atoms with E-state index in [0.29, 0.717) is 37.2 Å². The highest BCUT2D eigenvalue weighted by Crippen LogP contribution is 2.26. The molecule has 0 saturated heterocycles. The van der Waals surface area contributed by atoms with Crippen molar-refractivity contribution in [3.63, 3.8) is 0 Å². The molecule has 0 bridgehead atoms. The van der Waals surface area contributed by atoms with Crippen molar-refractivity contribution in [3.8, 4) is 0 Å². The second-order valence-electron chi connectivity index (χ2n) is 6.09. The number of carbonyl (C=O) groups is 1. The van der Waals surface area contributed by atoms with Crippen LogP contribution in [0.2, 0.25) is 0 Å². The normalized spacial score (nSPS) is 21.3. The number of rotatable bonds is 6. The Labute approximate surface area is 143 Å². The summed E-state index contributed by atoms with van der Waals surface area (Å²) in [5.41, 5.74) is 0.934. The van der Waals surface area contributed by atoms with Gasteiger partial charge in [-0.2, -0.15) is 0 Å². The van der Waals surface area contributed by atoms with E-state index in [4.69, 9.17) is 0 Å². The van der Waals surface area contributed by atoms with Gasteiger partial charge in [-0.05, 0) is 51.0 Å². The van der Waals surface area contributed by atoms with E-state index in [-0.39, 0.29) is 5.91 Å². The van der Waals surface area contributed by atoms with E-state index in [1.807, 2.05) is 13.8 Å². The first-order chi connectivity index (χ1) is 11.4. The monoisotopic (exact) mass is 354 g/mol. The van der Waals surface area contributed by atoms with Gasteiger partial charge in [-0.15, -0.1) is 0 Å². The summed E-state index contributed by atoms with van der Waals surface area (Å²) < 4.78 is 27.4. The van der Waals surface area contributed by atoms with Crippen molar-refractivity contribution >= 4 is 21.6 Å². The maximum atomic E-state index is 12.4. The van der Waals surface area contributed by atoms with Gasteiger partial charge in [0.25, 0.3) is 5.91 Å². The molecule has 7 heteroatoms. The summed E-state index contributed by atoms with van der Waals surface area (Å²) in [4.78, 5) is 14.0. The smallest absolute Gasteiger partial charge is 0.253 e. The quantitative estimate of drug-likeness (QED) is 0.820. The number of benzene rings is 1. The summed E-state index contributed by atoms with van der Waals surface area (Å²) in [6.07, 6.45) is 1.83. The molecular formula is C17H26N2O4S. The Bertz CT molecular complexity index is 654. The van der Waals surface area contributed by atoms with Crippen molar-refractivity contribution in [1.29, 1.82) is 0 Å². The average Bonchev–Trinajstić information content (AvgIpc) is 2.56. The number of nitrogens with zero attached hydrogens (tertiary/aromatic N) is 1. The Balaban J connectivity index is 2.09. The first-order valence-corrected chi connectivity index (χ1v) is 10.0. The van der Waals surface area contributed by atoms with Crippen LogP contribution in [0.4, 0.5) is 5.69 Å². The van der Waals surface area contributed by atoms with Gasteiger partial charge in [-0.3, -0.25) is 9.52 Å². The number of hydrogen-bond donors (Lipinski definition) is 2. The summed E-state index contributed by atoms with van der Waals surface area (Å²) in [6.45, 7) is 5.09. The van der Waals surface area contributed by atoms with Crippen LogP contribution < -0.4 is 4.72 Å². The lowest BCUT2D eigenvalue weighted by Gasteiger charge is -2.27. The van der Waals surface area contributed by atoms with Crippen molar-refractivity contribution in [2.45, 2.75) is 50.9 Å². The number of carbonyl (C=O) groups excluding carboxylic acids is 1. The van der Waals surface area contributed by atoms with E-state index in [9.17, 15) is 18.3 Å². The largest absolute Gasteiger partial charge is 0.392 e. The maximum absolute atomic E-state index is 12.4. The number of amides is 1. The van der Waals surface area contributed by atoms with Crippen molar-refractivity contribution in [2.75, 3.05) is 17.8 Å². The lowest BCUT2D eigenvalue weighted by molar-refractivity contribution is 0.0773. The molecule has 1 aromatic carbocycles. The fourth-order valence-electron chi connectivity index (χ4n) is 3.05. The van der Waals surface area contributed by atoms with Crippen LogP contribution in [-0.2, 0) is 10.0 Å². The predicted molar refractivity (Wildman–Crippen MR) is 94.5 cm³/mol. The van der Waals surface area contributed by atoms with Crippen LogP contribution in [0.15, 0.2) is 24.3 Å². The second-order valence-corrected chi connectivity index (χ2v) is 7.99. The highest BCUT2D eigenvalue weighted by atomic mass is 32.2. The Morgan fingerprint density at radius 2 is 1.75 bits per heavy atom. The third-order valence-electron chi connectivity index (χ3n) is 4.51. The van der Waals surface area contributed by atoms with Crippen molar-refractivity contribution in [2.24, 2.45) is 0 Å². The predicted octanol–water partition coefficient (Wildman–Crippen LogP) is 2.21. The molecule has 1 aliphatic rings. The zero-order valence-electron chi connectivity index (χ0n) is 14.2. The third-order valence-corrected chi connectivity index (χ3v) is 6.38. The summed E-state index contributed by atoms with van der Waals surface area (Å²) in [5, 5.41) is 9.17. The van der Waals surface area contributed by atoms with E-state index in [1.165, 1.54) is 0 Å². The molecule has 0 aliphatic heterocycles. The van der Waals surface area contributed by atoms with Gasteiger partial charge in [0.05, 0.1) is 6.10 Å². The number of nitrogens with one attached hydrogen (secondary N) is 1. The standard InChI is InChI=1S/C17H26N2O4S/c1-3-19(4-2)17(21)13-9-11-14(12-10-13)18-24(22,23)16-8-6-5-7-15(16)20/h9-12,15-16,18,20H,3-8H2,1-2H3. The fourth-order valence-corrected chi connectivity index (χ4v) is 4.70. The summed E-state index contributed by atoms with van der Waals surface area (Å²) in [7, 11) is -3.64. The zero-order chi connectivity index (χ0) is 17.7. The van der Waals surface area contributed by atoms with E-state index in [0.717, 1.165) is 12.8 Å². The van der Waals surface area contributed by atoms with Gasteiger partial charge in [0.2, 0.25) is 10.0 Å². The van der Waals surface area contributed by atoms with Gasteiger partial charge >= 0.3 is 0 Å². The Morgan fingerprint density at radius 1 is 1.17 bits per heavy atom. The highest BCUT2D eigenvalue weighted by Gasteiger charge is 2.34. The van der Waals surface area contributed by atoms with Crippen LogP contribution in [0.5, 0.6) is 0 Å². The first kappa shape index (κ1) is 18.7. The van der Waals surface area contributed by atoms with Crippen LogP contribution in [0, 0.1) is 0 Å². The number of anilines is 1. The van der Waals surface area contributed by atoms with E-state index in [2.05, 4.69) is 4.72 Å². The Hall–Kier alpha value is -1.60. The molecular weight excluding hydrogens is 328 g/mol. The van der Waals surface area contributed by atoms with E-state index < -0.39 is 21.4 Å².